The zero-order chi connectivity index (χ0) is 11.0. The molecular formula is C12H19N2. The summed E-state index contributed by atoms with van der Waals surface area (Å²) in [5.74, 6) is 0. The molecule has 1 rings (SSSR count). The van der Waals surface area contributed by atoms with Crippen LogP contribution in [-0.4, -0.2) is 0 Å². The number of hydrogen-bond donors (Lipinski definition) is 2. The maximum Gasteiger partial charge on any atom is 0.0358 e. The predicted molar refractivity (Wildman–Crippen MR) is 59.7 cm³/mol. The van der Waals surface area contributed by atoms with E-state index < -0.39 is 0 Å². The van der Waals surface area contributed by atoms with E-state index in [0.717, 1.165) is 11.1 Å². The third-order valence-electron chi connectivity index (χ3n) is 2.24. The van der Waals surface area contributed by atoms with Crippen LogP contribution < -0.4 is 11.5 Å². The second-order valence-electron chi connectivity index (χ2n) is 4.93. The van der Waals surface area contributed by atoms with Crippen LogP contribution in [0.4, 0.5) is 0 Å². The summed E-state index contributed by atoms with van der Waals surface area (Å²) >= 11 is 0. The molecule has 0 aromatic heterocycles. The Hall–Kier alpha value is -0.860. The lowest BCUT2D eigenvalue weighted by Gasteiger charge is -2.24. The minimum absolute atomic E-state index is 0.324. The third kappa shape index (κ3) is 2.56. The van der Waals surface area contributed by atoms with Crippen LogP contribution in [0.5, 0.6) is 0 Å². The summed E-state index contributed by atoms with van der Waals surface area (Å²) in [6.07, 6.45) is 0. The van der Waals surface area contributed by atoms with Crippen LogP contribution in [0, 0.1) is 6.07 Å². The minimum atomic E-state index is -0.360. The molecule has 1 radical (unpaired) electrons. The molecular weight excluding hydrogens is 172 g/mol. The highest BCUT2D eigenvalue weighted by molar-refractivity contribution is 5.30. The van der Waals surface area contributed by atoms with Gasteiger partial charge in [-0.3, -0.25) is 0 Å². The van der Waals surface area contributed by atoms with Crippen LogP contribution in [0.25, 0.3) is 0 Å². The maximum atomic E-state index is 6.01. The van der Waals surface area contributed by atoms with Gasteiger partial charge in [0, 0.05) is 11.1 Å². The molecule has 2 heteroatoms. The van der Waals surface area contributed by atoms with Gasteiger partial charge in [0.15, 0.2) is 0 Å². The largest absolute Gasteiger partial charge is 0.322 e. The zero-order valence-corrected chi connectivity index (χ0v) is 9.39. The standard InChI is InChI=1S/C12H19N2/c1-11(2,13)9-6-5-7-10(8-9)12(3,4)14/h5-6,8H,13-14H2,1-4H3. The summed E-state index contributed by atoms with van der Waals surface area (Å²) in [5, 5.41) is 0. The van der Waals surface area contributed by atoms with Gasteiger partial charge in [0.2, 0.25) is 0 Å². The first-order chi connectivity index (χ1) is 6.21. The van der Waals surface area contributed by atoms with Crippen molar-refractivity contribution >= 4 is 0 Å². The van der Waals surface area contributed by atoms with Gasteiger partial charge in [0.05, 0.1) is 0 Å². The molecule has 2 nitrogen and oxygen atoms in total. The Bertz CT molecular complexity index is 287. The zero-order valence-electron chi connectivity index (χ0n) is 9.39. The van der Waals surface area contributed by atoms with Gasteiger partial charge < -0.3 is 11.5 Å². The van der Waals surface area contributed by atoms with Crippen LogP contribution in [0.3, 0.4) is 0 Å². The number of rotatable bonds is 2. The molecule has 14 heavy (non-hydrogen) atoms. The molecule has 0 aliphatic heterocycles. The smallest absolute Gasteiger partial charge is 0.0358 e. The maximum absolute atomic E-state index is 6.01. The Morgan fingerprint density at radius 2 is 1.64 bits per heavy atom. The first kappa shape index (κ1) is 11.2. The van der Waals surface area contributed by atoms with Gasteiger partial charge in [-0.2, -0.15) is 0 Å². The normalized spacial score (nSPS) is 13.0. The van der Waals surface area contributed by atoms with Gasteiger partial charge in [-0.1, -0.05) is 18.2 Å². The molecule has 0 aliphatic rings. The minimum Gasteiger partial charge on any atom is -0.322 e. The average Bonchev–Trinajstić information content (AvgIpc) is 2.01. The molecule has 77 valence electrons. The Morgan fingerprint density at radius 1 is 1.07 bits per heavy atom. The number of hydrogen-bond acceptors (Lipinski definition) is 2. The van der Waals surface area contributed by atoms with Crippen molar-refractivity contribution in [3.63, 3.8) is 0 Å². The fourth-order valence-electron chi connectivity index (χ4n) is 1.24. The highest BCUT2D eigenvalue weighted by Gasteiger charge is 2.19. The number of benzene rings is 1. The van der Waals surface area contributed by atoms with E-state index >= 15 is 0 Å². The molecule has 0 amide bonds. The van der Waals surface area contributed by atoms with Crippen LogP contribution in [0.1, 0.15) is 38.8 Å². The molecule has 0 spiro atoms. The molecule has 0 bridgehead atoms. The van der Waals surface area contributed by atoms with E-state index in [1.807, 2.05) is 45.9 Å². The highest BCUT2D eigenvalue weighted by atomic mass is 14.7. The van der Waals surface area contributed by atoms with Crippen molar-refractivity contribution in [1.82, 2.24) is 0 Å². The van der Waals surface area contributed by atoms with E-state index in [0.29, 0.717) is 0 Å². The van der Waals surface area contributed by atoms with Crippen LogP contribution in [0.2, 0.25) is 0 Å². The fourth-order valence-corrected chi connectivity index (χ4v) is 1.24. The molecule has 1 aromatic carbocycles. The Morgan fingerprint density at radius 3 is 2.07 bits per heavy atom. The van der Waals surface area contributed by atoms with E-state index in [9.17, 15) is 0 Å². The van der Waals surface area contributed by atoms with Crippen LogP contribution >= 0.6 is 0 Å². The van der Waals surface area contributed by atoms with Crippen molar-refractivity contribution in [2.75, 3.05) is 0 Å². The Labute approximate surface area is 86.3 Å². The monoisotopic (exact) mass is 191 g/mol. The van der Waals surface area contributed by atoms with Gasteiger partial charge in [-0.05, 0) is 44.9 Å². The Balaban J connectivity index is 3.15. The molecule has 4 N–H and O–H groups in total. The molecule has 0 atom stereocenters. The summed E-state index contributed by atoms with van der Waals surface area (Å²) in [5.41, 5.74) is 13.4. The van der Waals surface area contributed by atoms with E-state index in [1.54, 1.807) is 0 Å². The van der Waals surface area contributed by atoms with Crippen molar-refractivity contribution in [2.24, 2.45) is 11.5 Å². The molecule has 0 heterocycles. The quantitative estimate of drug-likeness (QED) is 0.750. The van der Waals surface area contributed by atoms with Gasteiger partial charge in [-0.15, -0.1) is 0 Å². The second-order valence-corrected chi connectivity index (χ2v) is 4.93. The highest BCUT2D eigenvalue weighted by Crippen LogP contribution is 2.22. The molecule has 0 saturated heterocycles. The van der Waals surface area contributed by atoms with Crippen molar-refractivity contribution in [3.05, 3.63) is 35.4 Å². The molecule has 0 fully saturated rings. The fraction of sp³-hybridized carbons (Fsp3) is 0.500. The molecule has 0 aliphatic carbocycles. The van der Waals surface area contributed by atoms with E-state index in [2.05, 4.69) is 6.07 Å². The molecule has 0 unspecified atom stereocenters. The lowest BCUT2D eigenvalue weighted by atomic mass is 9.88. The summed E-state index contributed by atoms with van der Waals surface area (Å²) < 4.78 is 0. The third-order valence-corrected chi connectivity index (χ3v) is 2.24. The van der Waals surface area contributed by atoms with E-state index in [4.69, 9.17) is 11.5 Å². The van der Waals surface area contributed by atoms with Gasteiger partial charge in [0.25, 0.3) is 0 Å². The molecule has 0 saturated carbocycles. The topological polar surface area (TPSA) is 52.0 Å². The molecule has 1 aromatic rings. The summed E-state index contributed by atoms with van der Waals surface area (Å²) in [7, 11) is 0. The van der Waals surface area contributed by atoms with Crippen molar-refractivity contribution in [2.45, 2.75) is 38.8 Å². The van der Waals surface area contributed by atoms with Crippen LogP contribution in [0.15, 0.2) is 18.2 Å². The van der Waals surface area contributed by atoms with Crippen LogP contribution in [-0.2, 0) is 11.1 Å². The second kappa shape index (κ2) is 3.37. The van der Waals surface area contributed by atoms with Crippen molar-refractivity contribution < 1.29 is 0 Å². The van der Waals surface area contributed by atoms with Crippen molar-refractivity contribution in [3.8, 4) is 0 Å². The average molecular weight is 191 g/mol. The van der Waals surface area contributed by atoms with E-state index in [-0.39, 0.29) is 11.1 Å². The predicted octanol–water partition coefficient (Wildman–Crippen LogP) is 1.87. The number of nitrogens with two attached hydrogens (primary N) is 2. The first-order valence-corrected chi connectivity index (χ1v) is 4.82. The Kier molecular flexibility index (Phi) is 2.70. The van der Waals surface area contributed by atoms with Gasteiger partial charge in [0.1, 0.15) is 0 Å². The summed E-state index contributed by atoms with van der Waals surface area (Å²) in [4.78, 5) is 0. The van der Waals surface area contributed by atoms with Gasteiger partial charge in [-0.25, -0.2) is 0 Å². The lowest BCUT2D eigenvalue weighted by molar-refractivity contribution is 0.533. The summed E-state index contributed by atoms with van der Waals surface area (Å²) in [6, 6.07) is 9.03. The first-order valence-electron chi connectivity index (χ1n) is 4.82. The van der Waals surface area contributed by atoms with Crippen molar-refractivity contribution in [1.29, 1.82) is 0 Å². The van der Waals surface area contributed by atoms with E-state index in [1.165, 1.54) is 0 Å². The SMILES string of the molecule is CC(C)(N)c1[c]ccc(C(C)(C)N)c1. The summed E-state index contributed by atoms with van der Waals surface area (Å²) in [6.45, 7) is 7.89. The lowest BCUT2D eigenvalue weighted by Crippen LogP contribution is -2.32. The van der Waals surface area contributed by atoms with Gasteiger partial charge >= 0.3 is 0 Å².